The molecule has 0 amide bonds. The van der Waals surface area contributed by atoms with Crippen molar-refractivity contribution in [2.45, 2.75) is 6.54 Å². The van der Waals surface area contributed by atoms with Crippen molar-refractivity contribution >= 4 is 5.69 Å². The fourth-order valence-corrected chi connectivity index (χ4v) is 1.02. The summed E-state index contributed by atoms with van der Waals surface area (Å²) in [6, 6.07) is 1.82. The van der Waals surface area contributed by atoms with Crippen LogP contribution in [0.15, 0.2) is 12.1 Å². The van der Waals surface area contributed by atoms with E-state index in [4.69, 9.17) is 0 Å². The Labute approximate surface area is 83.8 Å². The lowest BCUT2D eigenvalue weighted by Gasteiger charge is -2.03. The lowest BCUT2D eigenvalue weighted by atomic mass is 10.2. The standard InChI is InChI=1S/C8H8F2N2O3/c1-15-11-4-5-2-6(9)8(10)7(3-5)12(13)14/h2-3,11H,4H2,1H3. The number of nitrogens with one attached hydrogen (secondary N) is 1. The van der Waals surface area contributed by atoms with Gasteiger partial charge in [-0.3, -0.25) is 10.1 Å². The molecule has 1 aromatic rings. The minimum Gasteiger partial charge on any atom is -0.305 e. The minimum atomic E-state index is -1.46. The Morgan fingerprint density at radius 1 is 1.53 bits per heavy atom. The van der Waals surface area contributed by atoms with Crippen LogP contribution in [-0.4, -0.2) is 12.0 Å². The second-order valence-corrected chi connectivity index (χ2v) is 2.69. The Kier molecular flexibility index (Phi) is 3.64. The van der Waals surface area contributed by atoms with Crippen LogP contribution in [0, 0.1) is 21.7 Å². The zero-order valence-electron chi connectivity index (χ0n) is 7.79. The Morgan fingerprint density at radius 3 is 2.73 bits per heavy atom. The van der Waals surface area contributed by atoms with Crippen LogP contribution < -0.4 is 5.48 Å². The van der Waals surface area contributed by atoms with Gasteiger partial charge in [0.15, 0.2) is 5.82 Å². The molecule has 0 bridgehead atoms. The summed E-state index contributed by atoms with van der Waals surface area (Å²) in [6.07, 6.45) is 0. The predicted molar refractivity (Wildman–Crippen MR) is 46.9 cm³/mol. The first-order valence-corrected chi connectivity index (χ1v) is 3.94. The van der Waals surface area contributed by atoms with Gasteiger partial charge in [-0.25, -0.2) is 4.39 Å². The summed E-state index contributed by atoms with van der Waals surface area (Å²) < 4.78 is 25.8. The van der Waals surface area contributed by atoms with Crippen LogP contribution in [0.1, 0.15) is 5.56 Å². The third kappa shape index (κ3) is 2.67. The van der Waals surface area contributed by atoms with E-state index in [9.17, 15) is 18.9 Å². The molecular weight excluding hydrogens is 210 g/mol. The number of hydroxylamine groups is 1. The second-order valence-electron chi connectivity index (χ2n) is 2.69. The molecule has 0 spiro atoms. The van der Waals surface area contributed by atoms with Gasteiger partial charge in [-0.15, -0.1) is 0 Å². The molecule has 0 saturated carbocycles. The highest BCUT2D eigenvalue weighted by Crippen LogP contribution is 2.21. The SMILES string of the molecule is CONCc1cc(F)c(F)c([N+](=O)[O-])c1. The van der Waals surface area contributed by atoms with Gasteiger partial charge in [-0.2, -0.15) is 9.87 Å². The van der Waals surface area contributed by atoms with E-state index in [0.29, 0.717) is 0 Å². The summed E-state index contributed by atoms with van der Waals surface area (Å²) in [5.41, 5.74) is 1.70. The first-order chi connectivity index (χ1) is 7.06. The van der Waals surface area contributed by atoms with Crippen molar-refractivity contribution in [2.75, 3.05) is 7.11 Å². The highest BCUT2D eigenvalue weighted by atomic mass is 19.2. The molecule has 0 heterocycles. The summed E-state index contributed by atoms with van der Waals surface area (Å²) in [7, 11) is 1.34. The lowest BCUT2D eigenvalue weighted by molar-refractivity contribution is -0.387. The summed E-state index contributed by atoms with van der Waals surface area (Å²) >= 11 is 0. The molecule has 0 unspecified atom stereocenters. The Morgan fingerprint density at radius 2 is 2.20 bits per heavy atom. The van der Waals surface area contributed by atoms with E-state index >= 15 is 0 Å². The quantitative estimate of drug-likeness (QED) is 0.614. The zero-order chi connectivity index (χ0) is 11.4. The molecule has 0 aromatic heterocycles. The van der Waals surface area contributed by atoms with Crippen LogP contribution in [-0.2, 0) is 11.4 Å². The number of benzene rings is 1. The van der Waals surface area contributed by atoms with E-state index in [1.54, 1.807) is 0 Å². The highest BCUT2D eigenvalue weighted by molar-refractivity contribution is 5.37. The Hall–Kier alpha value is -1.60. The summed E-state index contributed by atoms with van der Waals surface area (Å²) in [5, 5.41) is 10.3. The maximum absolute atomic E-state index is 12.9. The number of halogens is 2. The molecule has 0 aliphatic heterocycles. The van der Waals surface area contributed by atoms with E-state index in [-0.39, 0.29) is 12.1 Å². The van der Waals surface area contributed by atoms with Gasteiger partial charge in [0.05, 0.1) is 12.0 Å². The molecule has 1 aromatic carbocycles. The topological polar surface area (TPSA) is 64.4 Å². The summed E-state index contributed by atoms with van der Waals surface area (Å²) in [6.45, 7) is 0.0501. The summed E-state index contributed by atoms with van der Waals surface area (Å²) in [4.78, 5) is 13.8. The third-order valence-electron chi connectivity index (χ3n) is 1.69. The smallest absolute Gasteiger partial charge is 0.305 e. The van der Waals surface area contributed by atoms with E-state index in [1.807, 2.05) is 0 Å². The molecule has 82 valence electrons. The predicted octanol–water partition coefficient (Wildman–Crippen LogP) is 1.52. The van der Waals surface area contributed by atoms with E-state index in [0.717, 1.165) is 12.1 Å². The van der Waals surface area contributed by atoms with Crippen LogP contribution in [0.4, 0.5) is 14.5 Å². The highest BCUT2D eigenvalue weighted by Gasteiger charge is 2.19. The van der Waals surface area contributed by atoms with Crippen LogP contribution in [0.2, 0.25) is 0 Å². The Bertz CT molecular complexity index is 384. The average molecular weight is 218 g/mol. The maximum atomic E-state index is 12.9. The number of nitro benzene ring substituents is 1. The van der Waals surface area contributed by atoms with Crippen LogP contribution in [0.25, 0.3) is 0 Å². The van der Waals surface area contributed by atoms with E-state index in [2.05, 4.69) is 10.3 Å². The molecule has 0 aliphatic carbocycles. The maximum Gasteiger partial charge on any atom is 0.308 e. The largest absolute Gasteiger partial charge is 0.308 e. The molecule has 0 radical (unpaired) electrons. The van der Waals surface area contributed by atoms with Crippen molar-refractivity contribution in [2.24, 2.45) is 0 Å². The molecular formula is C8H8F2N2O3. The van der Waals surface area contributed by atoms with Crippen LogP contribution in [0.3, 0.4) is 0 Å². The van der Waals surface area contributed by atoms with Crippen molar-refractivity contribution in [3.05, 3.63) is 39.4 Å². The van der Waals surface area contributed by atoms with Gasteiger partial charge in [0.2, 0.25) is 5.82 Å². The average Bonchev–Trinajstić information content (AvgIpc) is 2.19. The fourth-order valence-electron chi connectivity index (χ4n) is 1.02. The molecule has 1 rings (SSSR count). The molecule has 1 N–H and O–H groups in total. The third-order valence-corrected chi connectivity index (χ3v) is 1.69. The second kappa shape index (κ2) is 4.76. The molecule has 0 fully saturated rings. The zero-order valence-corrected chi connectivity index (χ0v) is 7.79. The normalized spacial score (nSPS) is 10.3. The van der Waals surface area contributed by atoms with Crippen molar-refractivity contribution in [1.82, 2.24) is 5.48 Å². The minimum absolute atomic E-state index is 0.0501. The van der Waals surface area contributed by atoms with Gasteiger partial charge >= 0.3 is 5.69 Å². The van der Waals surface area contributed by atoms with Crippen molar-refractivity contribution < 1.29 is 18.5 Å². The van der Waals surface area contributed by atoms with Crippen LogP contribution in [0.5, 0.6) is 0 Å². The van der Waals surface area contributed by atoms with Crippen molar-refractivity contribution in [3.63, 3.8) is 0 Å². The molecule has 0 saturated heterocycles. The number of hydrogen-bond donors (Lipinski definition) is 1. The molecule has 5 nitrogen and oxygen atoms in total. The van der Waals surface area contributed by atoms with Gasteiger partial charge in [-0.1, -0.05) is 0 Å². The van der Waals surface area contributed by atoms with Gasteiger partial charge in [0.25, 0.3) is 0 Å². The monoisotopic (exact) mass is 218 g/mol. The van der Waals surface area contributed by atoms with Gasteiger partial charge < -0.3 is 4.84 Å². The van der Waals surface area contributed by atoms with Crippen molar-refractivity contribution in [3.8, 4) is 0 Å². The van der Waals surface area contributed by atoms with Crippen molar-refractivity contribution in [1.29, 1.82) is 0 Å². The molecule has 0 atom stereocenters. The van der Waals surface area contributed by atoms with Gasteiger partial charge in [0, 0.05) is 12.6 Å². The van der Waals surface area contributed by atoms with Crippen LogP contribution >= 0.6 is 0 Å². The number of nitro groups is 1. The molecule has 15 heavy (non-hydrogen) atoms. The Balaban J connectivity index is 3.06. The van der Waals surface area contributed by atoms with E-state index in [1.165, 1.54) is 7.11 Å². The summed E-state index contributed by atoms with van der Waals surface area (Å²) in [5.74, 6) is -2.71. The first kappa shape index (κ1) is 11.5. The molecule has 0 aliphatic rings. The fraction of sp³-hybridized carbons (Fsp3) is 0.250. The number of nitrogens with zero attached hydrogens (tertiary/aromatic N) is 1. The molecule has 7 heteroatoms. The van der Waals surface area contributed by atoms with Gasteiger partial charge in [-0.05, 0) is 11.6 Å². The first-order valence-electron chi connectivity index (χ1n) is 3.94. The van der Waals surface area contributed by atoms with E-state index < -0.39 is 22.2 Å². The van der Waals surface area contributed by atoms with Gasteiger partial charge in [0.1, 0.15) is 0 Å². The number of rotatable bonds is 4. The lowest BCUT2D eigenvalue weighted by Crippen LogP contribution is -2.11. The number of hydrogen-bond acceptors (Lipinski definition) is 4.